The molecule has 3 heterocycles. The maximum Gasteiger partial charge on any atom is 0.143 e. The number of fused-ring (bicyclic) bond motifs is 2. The van der Waals surface area contributed by atoms with Crippen LogP contribution in [0.25, 0.3) is 11.0 Å². The maximum atomic E-state index is 6.09. The first-order valence-electron chi connectivity index (χ1n) is 10.1. The number of benzene rings is 1. The largest absolute Gasteiger partial charge is 0.489 e. The van der Waals surface area contributed by atoms with Crippen LogP contribution in [-0.4, -0.2) is 27.3 Å². The summed E-state index contributed by atoms with van der Waals surface area (Å²) >= 11 is 0. The molecule has 1 aromatic carbocycles. The number of nitrogens with zero attached hydrogens (tertiary/aromatic N) is 3. The van der Waals surface area contributed by atoms with Crippen LogP contribution in [0.15, 0.2) is 23.5 Å². The Hall–Kier alpha value is -2.89. The summed E-state index contributed by atoms with van der Waals surface area (Å²) in [4.78, 5) is 16.9. The Morgan fingerprint density at radius 3 is 2.82 bits per heavy atom. The monoisotopic (exact) mass is 377 g/mol. The second-order valence-electron chi connectivity index (χ2n) is 7.44. The van der Waals surface area contributed by atoms with E-state index in [1.807, 2.05) is 20.1 Å². The van der Waals surface area contributed by atoms with Gasteiger partial charge in [-0.05, 0) is 55.5 Å². The van der Waals surface area contributed by atoms with Gasteiger partial charge in [0.15, 0.2) is 0 Å². The summed E-state index contributed by atoms with van der Waals surface area (Å²) in [6.07, 6.45) is 6.64. The van der Waals surface area contributed by atoms with Gasteiger partial charge in [-0.15, -0.1) is 0 Å². The van der Waals surface area contributed by atoms with Crippen LogP contribution in [0.5, 0.6) is 5.75 Å². The minimum absolute atomic E-state index is 0.0842. The Bertz CT molecular complexity index is 1040. The fraction of sp³-hybridized carbons (Fsp3) is 0.409. The third-order valence-corrected chi connectivity index (χ3v) is 4.99. The molecule has 0 radical (unpaired) electrons. The first-order chi connectivity index (χ1) is 13.6. The predicted octanol–water partition coefficient (Wildman–Crippen LogP) is 4.94. The van der Waals surface area contributed by atoms with Gasteiger partial charge >= 0.3 is 0 Å². The van der Waals surface area contributed by atoms with E-state index in [-0.39, 0.29) is 6.10 Å². The summed E-state index contributed by atoms with van der Waals surface area (Å²) in [6.45, 7) is 9.15. The van der Waals surface area contributed by atoms with Crippen LogP contribution in [0.4, 0.5) is 11.5 Å². The molecule has 1 aliphatic heterocycles. The molecule has 0 unspecified atom stereocenters. The molecule has 0 amide bonds. The third kappa shape index (κ3) is 3.35. The van der Waals surface area contributed by atoms with Crippen LogP contribution in [0, 0.1) is 0 Å². The van der Waals surface area contributed by atoms with Crippen molar-refractivity contribution in [3.05, 3.63) is 40.8 Å². The lowest BCUT2D eigenvalue weighted by atomic mass is 10.1. The van der Waals surface area contributed by atoms with Gasteiger partial charge in [-0.25, -0.2) is 9.97 Å². The zero-order chi connectivity index (χ0) is 19.7. The second-order valence-corrected chi connectivity index (χ2v) is 7.44. The van der Waals surface area contributed by atoms with Gasteiger partial charge in [-0.1, -0.05) is 20.3 Å². The molecule has 3 aromatic rings. The molecule has 6 heteroatoms. The number of aromatic nitrogens is 3. The number of anilines is 2. The maximum absolute atomic E-state index is 6.09. The van der Waals surface area contributed by atoms with Gasteiger partial charge in [0, 0.05) is 11.9 Å². The van der Waals surface area contributed by atoms with E-state index < -0.39 is 0 Å². The quantitative estimate of drug-likeness (QED) is 0.612. The third-order valence-electron chi connectivity index (χ3n) is 4.99. The van der Waals surface area contributed by atoms with Crippen LogP contribution in [0.2, 0.25) is 0 Å². The molecular weight excluding hydrogens is 350 g/mol. The Kier molecular flexibility index (Phi) is 5.03. The number of aromatic amines is 1. The fourth-order valence-corrected chi connectivity index (χ4v) is 3.80. The molecule has 2 aromatic heterocycles. The van der Waals surface area contributed by atoms with E-state index in [9.17, 15) is 0 Å². The van der Waals surface area contributed by atoms with Crippen LogP contribution < -0.4 is 10.1 Å². The van der Waals surface area contributed by atoms with Crippen LogP contribution >= 0.6 is 0 Å². The van der Waals surface area contributed by atoms with Crippen LogP contribution in [-0.2, 0) is 19.4 Å². The van der Waals surface area contributed by atoms with Crippen molar-refractivity contribution in [2.24, 2.45) is 4.99 Å². The number of aliphatic imine (C=N–C) groups is 1. The van der Waals surface area contributed by atoms with E-state index in [4.69, 9.17) is 4.74 Å². The first-order valence-corrected chi connectivity index (χ1v) is 10.1. The van der Waals surface area contributed by atoms with Crippen LogP contribution in [0.3, 0.4) is 0 Å². The number of H-pyrrole nitrogens is 1. The topological polar surface area (TPSA) is 75.2 Å². The highest BCUT2D eigenvalue weighted by molar-refractivity contribution is 5.94. The zero-order valence-electron chi connectivity index (χ0n) is 17.0. The zero-order valence-corrected chi connectivity index (χ0v) is 17.0. The molecule has 146 valence electrons. The lowest BCUT2D eigenvalue weighted by Gasteiger charge is -2.17. The lowest BCUT2D eigenvalue weighted by molar-refractivity contribution is 0.243. The van der Waals surface area contributed by atoms with E-state index in [1.165, 1.54) is 16.8 Å². The van der Waals surface area contributed by atoms with Crippen LogP contribution in [0.1, 0.15) is 56.5 Å². The van der Waals surface area contributed by atoms with Gasteiger partial charge in [0.1, 0.15) is 23.5 Å². The summed E-state index contributed by atoms with van der Waals surface area (Å²) in [5, 5.41) is 4.59. The van der Waals surface area contributed by atoms with Crippen molar-refractivity contribution < 1.29 is 4.74 Å². The minimum atomic E-state index is 0.0842. The van der Waals surface area contributed by atoms with E-state index in [0.29, 0.717) is 6.54 Å². The van der Waals surface area contributed by atoms with Gasteiger partial charge in [0.05, 0.1) is 23.7 Å². The number of nitrogens with one attached hydrogen (secondary N) is 2. The van der Waals surface area contributed by atoms with Gasteiger partial charge < -0.3 is 15.0 Å². The summed E-state index contributed by atoms with van der Waals surface area (Å²) in [7, 11) is 0. The van der Waals surface area contributed by atoms with Crippen molar-refractivity contribution in [1.82, 2.24) is 15.0 Å². The Balaban J connectivity index is 1.81. The highest BCUT2D eigenvalue weighted by Gasteiger charge is 2.18. The summed E-state index contributed by atoms with van der Waals surface area (Å²) < 4.78 is 6.09. The average molecular weight is 377 g/mol. The Morgan fingerprint density at radius 1 is 1.21 bits per heavy atom. The Morgan fingerprint density at radius 2 is 2.07 bits per heavy atom. The smallest absolute Gasteiger partial charge is 0.143 e. The fourth-order valence-electron chi connectivity index (χ4n) is 3.80. The highest BCUT2D eigenvalue weighted by atomic mass is 16.5. The summed E-state index contributed by atoms with van der Waals surface area (Å²) in [6, 6.07) is 4.19. The molecule has 1 aliphatic rings. The standard InChI is InChI=1S/C22H27N5O/c1-5-7-17-16(6-2)20-21(26-17)24-12-25-22(20)27-18-8-14-10-23-11-15(14)9-19(18)28-13(3)4/h8-10,12-13H,5-7,11H2,1-4H3,(H2,24,25,26,27). The van der Waals surface area contributed by atoms with Crippen molar-refractivity contribution in [2.45, 2.75) is 59.6 Å². The predicted molar refractivity (Wildman–Crippen MR) is 114 cm³/mol. The number of ether oxygens (including phenoxy) is 1. The molecule has 6 nitrogen and oxygen atoms in total. The van der Waals surface area contributed by atoms with Gasteiger partial charge in [0.2, 0.25) is 0 Å². The van der Waals surface area contributed by atoms with E-state index in [0.717, 1.165) is 53.1 Å². The van der Waals surface area contributed by atoms with Crippen molar-refractivity contribution in [3.8, 4) is 5.75 Å². The molecule has 4 rings (SSSR count). The SMILES string of the molecule is CCCc1[nH]c2ncnc(Nc3cc4c(cc3OC(C)C)CN=C4)c2c1CC. The molecule has 0 spiro atoms. The van der Waals surface area contributed by atoms with Crippen molar-refractivity contribution >= 4 is 28.8 Å². The second kappa shape index (κ2) is 7.62. The minimum Gasteiger partial charge on any atom is -0.489 e. The number of hydrogen-bond acceptors (Lipinski definition) is 5. The van der Waals surface area contributed by atoms with Gasteiger partial charge in [-0.2, -0.15) is 0 Å². The van der Waals surface area contributed by atoms with Gasteiger partial charge in [0.25, 0.3) is 0 Å². The molecule has 0 fully saturated rings. The van der Waals surface area contributed by atoms with Crippen molar-refractivity contribution in [3.63, 3.8) is 0 Å². The molecule has 0 bridgehead atoms. The van der Waals surface area contributed by atoms with E-state index >= 15 is 0 Å². The molecule has 28 heavy (non-hydrogen) atoms. The number of hydrogen-bond donors (Lipinski definition) is 2. The summed E-state index contributed by atoms with van der Waals surface area (Å²) in [5.41, 5.74) is 6.64. The van der Waals surface area contributed by atoms with E-state index in [2.05, 4.69) is 51.2 Å². The number of aryl methyl sites for hydroxylation is 2. The van der Waals surface area contributed by atoms with E-state index in [1.54, 1.807) is 6.33 Å². The number of rotatable bonds is 7. The molecule has 2 N–H and O–H groups in total. The van der Waals surface area contributed by atoms with Gasteiger partial charge in [-0.3, -0.25) is 4.99 Å². The van der Waals surface area contributed by atoms with Crippen molar-refractivity contribution in [1.29, 1.82) is 0 Å². The highest BCUT2D eigenvalue weighted by Crippen LogP contribution is 2.36. The first kappa shape index (κ1) is 18.5. The van der Waals surface area contributed by atoms with Crippen molar-refractivity contribution in [2.75, 3.05) is 5.32 Å². The molecule has 0 saturated carbocycles. The molecule has 0 atom stereocenters. The molecule has 0 aliphatic carbocycles. The Labute approximate surface area is 165 Å². The normalized spacial score (nSPS) is 12.8. The summed E-state index contributed by atoms with van der Waals surface area (Å²) in [5.74, 6) is 1.64. The average Bonchev–Trinajstić information content (AvgIpc) is 3.25. The lowest BCUT2D eigenvalue weighted by Crippen LogP contribution is -2.09. The molecular formula is C22H27N5O. The molecule has 0 saturated heterocycles.